The Labute approximate surface area is 146 Å². The standard InChI is InChI=1S/C16H15BrINO2/c17-12-6-7-15(18)14(9-12)16(21)19-13(10-20)8-11-4-2-1-3-5-11/h1-7,9,13,20H,8,10H2,(H,19,21)/t13-/m1/s1. The molecule has 0 aliphatic carbocycles. The molecule has 0 aliphatic rings. The zero-order chi connectivity index (χ0) is 15.2. The van der Waals surface area contributed by atoms with Crippen molar-refractivity contribution in [2.75, 3.05) is 6.61 Å². The van der Waals surface area contributed by atoms with Gasteiger partial charge in [0.15, 0.2) is 0 Å². The number of hydrogen-bond donors (Lipinski definition) is 2. The molecule has 0 unspecified atom stereocenters. The summed E-state index contributed by atoms with van der Waals surface area (Å²) in [7, 11) is 0. The monoisotopic (exact) mass is 459 g/mol. The van der Waals surface area contributed by atoms with Crippen molar-refractivity contribution in [1.29, 1.82) is 0 Å². The minimum absolute atomic E-state index is 0.0920. The van der Waals surface area contributed by atoms with Crippen molar-refractivity contribution in [2.24, 2.45) is 0 Å². The fourth-order valence-corrected chi connectivity index (χ4v) is 2.94. The third kappa shape index (κ3) is 4.79. The molecule has 0 bridgehead atoms. The second-order valence-electron chi connectivity index (χ2n) is 4.67. The number of halogens is 2. The lowest BCUT2D eigenvalue weighted by Crippen LogP contribution is -2.39. The smallest absolute Gasteiger partial charge is 0.252 e. The molecule has 0 saturated carbocycles. The molecule has 1 atom stereocenters. The molecule has 110 valence electrons. The van der Waals surface area contributed by atoms with E-state index in [1.54, 1.807) is 6.07 Å². The van der Waals surface area contributed by atoms with E-state index in [0.717, 1.165) is 13.6 Å². The van der Waals surface area contributed by atoms with Crippen LogP contribution < -0.4 is 5.32 Å². The van der Waals surface area contributed by atoms with E-state index in [4.69, 9.17) is 0 Å². The molecule has 2 N–H and O–H groups in total. The molecule has 0 spiro atoms. The van der Waals surface area contributed by atoms with Crippen molar-refractivity contribution >= 4 is 44.4 Å². The van der Waals surface area contributed by atoms with Crippen LogP contribution in [0.3, 0.4) is 0 Å². The maximum atomic E-state index is 12.3. The molecule has 2 aromatic rings. The molecular weight excluding hydrogens is 445 g/mol. The highest BCUT2D eigenvalue weighted by atomic mass is 127. The highest BCUT2D eigenvalue weighted by molar-refractivity contribution is 14.1. The third-order valence-corrected chi connectivity index (χ3v) is 4.49. The van der Waals surface area contributed by atoms with E-state index in [2.05, 4.69) is 43.8 Å². The van der Waals surface area contributed by atoms with Crippen molar-refractivity contribution in [1.82, 2.24) is 5.32 Å². The molecule has 0 aromatic heterocycles. The lowest BCUT2D eigenvalue weighted by molar-refractivity contribution is 0.0915. The average Bonchev–Trinajstić information content (AvgIpc) is 2.50. The predicted molar refractivity (Wildman–Crippen MR) is 95.3 cm³/mol. The van der Waals surface area contributed by atoms with Gasteiger partial charge in [-0.3, -0.25) is 4.79 Å². The van der Waals surface area contributed by atoms with Crippen molar-refractivity contribution in [2.45, 2.75) is 12.5 Å². The Morgan fingerprint density at radius 1 is 1.24 bits per heavy atom. The molecule has 2 aromatic carbocycles. The van der Waals surface area contributed by atoms with E-state index in [-0.39, 0.29) is 18.6 Å². The highest BCUT2D eigenvalue weighted by Gasteiger charge is 2.16. The molecule has 0 fully saturated rings. The van der Waals surface area contributed by atoms with Gasteiger partial charge in [-0.2, -0.15) is 0 Å². The van der Waals surface area contributed by atoms with Crippen molar-refractivity contribution in [3.63, 3.8) is 0 Å². The van der Waals surface area contributed by atoms with Crippen LogP contribution in [0.1, 0.15) is 15.9 Å². The third-order valence-electron chi connectivity index (χ3n) is 3.05. The van der Waals surface area contributed by atoms with Gasteiger partial charge in [-0.25, -0.2) is 0 Å². The van der Waals surface area contributed by atoms with Gasteiger partial charge in [0.1, 0.15) is 0 Å². The van der Waals surface area contributed by atoms with Gasteiger partial charge in [0, 0.05) is 8.04 Å². The van der Waals surface area contributed by atoms with Crippen LogP contribution in [0.25, 0.3) is 0 Å². The van der Waals surface area contributed by atoms with Gasteiger partial charge in [-0.05, 0) is 52.8 Å². The summed E-state index contributed by atoms with van der Waals surface area (Å²) in [4.78, 5) is 12.3. The van der Waals surface area contributed by atoms with E-state index in [1.165, 1.54) is 0 Å². The number of carbonyl (C=O) groups is 1. The number of carbonyl (C=O) groups excluding carboxylic acids is 1. The first-order valence-corrected chi connectivity index (χ1v) is 8.38. The maximum absolute atomic E-state index is 12.3. The minimum atomic E-state index is -0.297. The molecule has 2 rings (SSSR count). The molecular formula is C16H15BrINO2. The quantitative estimate of drug-likeness (QED) is 0.673. The summed E-state index contributed by atoms with van der Waals surface area (Å²) < 4.78 is 1.74. The average molecular weight is 460 g/mol. The van der Waals surface area contributed by atoms with Crippen LogP contribution in [0.4, 0.5) is 0 Å². The molecule has 21 heavy (non-hydrogen) atoms. The first-order chi connectivity index (χ1) is 10.1. The van der Waals surface area contributed by atoms with Gasteiger partial charge in [0.05, 0.1) is 18.2 Å². The SMILES string of the molecule is O=C(N[C@@H](CO)Cc1ccccc1)c1cc(Br)ccc1I. The van der Waals surface area contributed by atoms with Crippen LogP contribution in [0.15, 0.2) is 53.0 Å². The zero-order valence-corrected chi connectivity index (χ0v) is 15.0. The van der Waals surface area contributed by atoms with E-state index >= 15 is 0 Å². The van der Waals surface area contributed by atoms with Gasteiger partial charge in [-0.1, -0.05) is 46.3 Å². The number of hydrogen-bond acceptors (Lipinski definition) is 2. The van der Waals surface area contributed by atoms with Crippen LogP contribution in [0.5, 0.6) is 0 Å². The fraction of sp³-hybridized carbons (Fsp3) is 0.188. The van der Waals surface area contributed by atoms with Gasteiger partial charge in [0.2, 0.25) is 0 Å². The summed E-state index contributed by atoms with van der Waals surface area (Å²) in [6, 6.07) is 15.1. The van der Waals surface area contributed by atoms with Crippen LogP contribution in [0, 0.1) is 3.57 Å². The molecule has 1 amide bonds. The van der Waals surface area contributed by atoms with Crippen LogP contribution >= 0.6 is 38.5 Å². The normalized spacial score (nSPS) is 12.0. The molecule has 0 heterocycles. The Morgan fingerprint density at radius 3 is 2.62 bits per heavy atom. The lowest BCUT2D eigenvalue weighted by atomic mass is 10.1. The maximum Gasteiger partial charge on any atom is 0.252 e. The summed E-state index contributed by atoms with van der Waals surface area (Å²) >= 11 is 5.50. The number of nitrogens with one attached hydrogen (secondary N) is 1. The summed E-state index contributed by atoms with van der Waals surface area (Å²) in [5.41, 5.74) is 1.69. The van der Waals surface area contributed by atoms with Crippen LogP contribution in [-0.4, -0.2) is 23.7 Å². The summed E-state index contributed by atoms with van der Waals surface area (Å²) in [6.07, 6.45) is 0.605. The molecule has 3 nitrogen and oxygen atoms in total. The minimum Gasteiger partial charge on any atom is -0.394 e. The highest BCUT2D eigenvalue weighted by Crippen LogP contribution is 2.18. The first-order valence-electron chi connectivity index (χ1n) is 6.51. The zero-order valence-electron chi connectivity index (χ0n) is 11.2. The van der Waals surface area contributed by atoms with E-state index in [1.807, 2.05) is 42.5 Å². The largest absolute Gasteiger partial charge is 0.394 e. The Morgan fingerprint density at radius 2 is 1.95 bits per heavy atom. The van der Waals surface area contributed by atoms with Gasteiger partial charge < -0.3 is 10.4 Å². The Balaban J connectivity index is 2.07. The number of benzene rings is 2. The number of aliphatic hydroxyl groups is 1. The summed E-state index contributed by atoms with van der Waals surface area (Å²) in [5.74, 6) is -0.171. The van der Waals surface area contributed by atoms with Crippen LogP contribution in [0.2, 0.25) is 0 Å². The predicted octanol–water partition coefficient (Wildman–Crippen LogP) is 3.39. The topological polar surface area (TPSA) is 49.3 Å². The fourth-order valence-electron chi connectivity index (χ4n) is 1.99. The Bertz CT molecular complexity index is 619. The van der Waals surface area contributed by atoms with Crippen molar-refractivity contribution < 1.29 is 9.90 Å². The number of rotatable bonds is 5. The second kappa shape index (κ2) is 7.91. The lowest BCUT2D eigenvalue weighted by Gasteiger charge is -2.17. The second-order valence-corrected chi connectivity index (χ2v) is 6.74. The van der Waals surface area contributed by atoms with Gasteiger partial charge >= 0.3 is 0 Å². The number of aliphatic hydroxyl groups excluding tert-OH is 1. The van der Waals surface area contributed by atoms with Crippen molar-refractivity contribution in [3.8, 4) is 0 Å². The first kappa shape index (κ1) is 16.5. The van der Waals surface area contributed by atoms with Crippen molar-refractivity contribution in [3.05, 3.63) is 67.7 Å². The Kier molecular flexibility index (Phi) is 6.20. The summed E-state index contributed by atoms with van der Waals surface area (Å²) in [6.45, 7) is -0.0920. The molecule has 0 saturated heterocycles. The van der Waals surface area contributed by atoms with Crippen LogP contribution in [-0.2, 0) is 6.42 Å². The molecule has 0 aliphatic heterocycles. The Hall–Kier alpha value is -0.920. The van der Waals surface area contributed by atoms with E-state index in [9.17, 15) is 9.90 Å². The molecule has 0 radical (unpaired) electrons. The van der Waals surface area contributed by atoms with E-state index in [0.29, 0.717) is 12.0 Å². The van der Waals surface area contributed by atoms with Gasteiger partial charge in [0.25, 0.3) is 5.91 Å². The molecule has 5 heteroatoms. The van der Waals surface area contributed by atoms with E-state index < -0.39 is 0 Å². The van der Waals surface area contributed by atoms with Gasteiger partial charge in [-0.15, -0.1) is 0 Å². The number of amides is 1. The summed E-state index contributed by atoms with van der Waals surface area (Å²) in [5, 5.41) is 12.4.